The molecule has 0 bridgehead atoms. The first-order valence-corrected chi connectivity index (χ1v) is 11.1. The van der Waals surface area contributed by atoms with E-state index in [-0.39, 0.29) is 30.7 Å². The lowest BCUT2D eigenvalue weighted by molar-refractivity contribution is -0.141. The van der Waals surface area contributed by atoms with Crippen molar-refractivity contribution in [1.82, 2.24) is 10.3 Å². The molecule has 0 spiro atoms. The molecule has 150 valence electrons. The molecule has 0 atom stereocenters. The maximum atomic E-state index is 12.1. The van der Waals surface area contributed by atoms with Crippen molar-refractivity contribution in [3.8, 4) is 0 Å². The third-order valence-corrected chi connectivity index (χ3v) is 5.93. The second-order valence-corrected chi connectivity index (χ2v) is 8.50. The zero-order valence-corrected chi connectivity index (χ0v) is 17.9. The van der Waals surface area contributed by atoms with E-state index in [1.807, 2.05) is 42.5 Å². The second-order valence-electron chi connectivity index (χ2n) is 6.07. The highest BCUT2D eigenvalue weighted by Gasteiger charge is 2.10. The van der Waals surface area contributed by atoms with Crippen LogP contribution in [0.25, 0.3) is 0 Å². The Morgan fingerprint density at radius 2 is 1.86 bits per heavy atom. The van der Waals surface area contributed by atoms with Gasteiger partial charge in [0.15, 0.2) is 0 Å². The summed E-state index contributed by atoms with van der Waals surface area (Å²) < 4.78 is 5.25. The highest BCUT2D eigenvalue weighted by atomic mass is 35.5. The van der Waals surface area contributed by atoms with E-state index < -0.39 is 0 Å². The molecular weight excluding hydrogens is 428 g/mol. The quantitative estimate of drug-likeness (QED) is 0.387. The van der Waals surface area contributed by atoms with E-state index in [0.717, 1.165) is 10.5 Å². The van der Waals surface area contributed by atoms with E-state index in [9.17, 15) is 9.59 Å². The molecule has 3 rings (SSSR count). The summed E-state index contributed by atoms with van der Waals surface area (Å²) in [4.78, 5) is 29.3. The minimum absolute atomic E-state index is 0.0916. The smallest absolute Gasteiger partial charge is 0.316 e. The Kier molecular flexibility index (Phi) is 8.10. The second kappa shape index (κ2) is 11.0. The fourth-order valence-corrected chi connectivity index (χ4v) is 3.96. The van der Waals surface area contributed by atoms with Gasteiger partial charge in [-0.25, -0.2) is 4.98 Å². The topological polar surface area (TPSA) is 68.3 Å². The Hall–Kier alpha value is -2.35. The number of thiazole rings is 1. The van der Waals surface area contributed by atoms with Crippen LogP contribution in [0, 0.1) is 0 Å². The van der Waals surface area contributed by atoms with Crippen molar-refractivity contribution in [2.75, 3.05) is 5.75 Å². The third kappa shape index (κ3) is 7.53. The van der Waals surface area contributed by atoms with Crippen molar-refractivity contribution in [3.63, 3.8) is 0 Å². The van der Waals surface area contributed by atoms with Crippen molar-refractivity contribution in [2.24, 2.45) is 0 Å². The first-order valence-electron chi connectivity index (χ1n) is 8.86. The number of halogens is 1. The summed E-state index contributed by atoms with van der Waals surface area (Å²) in [7, 11) is 0. The van der Waals surface area contributed by atoms with Crippen LogP contribution in [0.5, 0.6) is 0 Å². The summed E-state index contributed by atoms with van der Waals surface area (Å²) in [6.45, 7) is 0.586. The SMILES string of the molecule is O=C(Cc1nc(COC(=O)CSc2ccc(Cl)cc2)cs1)NCc1ccccc1. The van der Waals surface area contributed by atoms with Crippen molar-refractivity contribution in [2.45, 2.75) is 24.5 Å². The van der Waals surface area contributed by atoms with E-state index in [0.29, 0.717) is 22.3 Å². The number of carbonyl (C=O) groups excluding carboxylic acids is 2. The van der Waals surface area contributed by atoms with Crippen LogP contribution in [0.4, 0.5) is 0 Å². The van der Waals surface area contributed by atoms with Crippen LogP contribution in [0.1, 0.15) is 16.3 Å². The van der Waals surface area contributed by atoms with Crippen LogP contribution in [0.15, 0.2) is 64.9 Å². The monoisotopic (exact) mass is 446 g/mol. The fraction of sp³-hybridized carbons (Fsp3) is 0.190. The number of nitrogens with zero attached hydrogens (tertiary/aromatic N) is 1. The Balaban J connectivity index is 1.37. The Labute approximate surface area is 182 Å². The number of ether oxygens (including phenoxy) is 1. The lowest BCUT2D eigenvalue weighted by atomic mass is 10.2. The van der Waals surface area contributed by atoms with E-state index in [1.54, 1.807) is 17.5 Å². The van der Waals surface area contributed by atoms with E-state index >= 15 is 0 Å². The predicted molar refractivity (Wildman–Crippen MR) is 116 cm³/mol. The van der Waals surface area contributed by atoms with Gasteiger partial charge in [0.25, 0.3) is 0 Å². The molecule has 1 aromatic heterocycles. The van der Waals surface area contributed by atoms with Gasteiger partial charge < -0.3 is 10.1 Å². The van der Waals surface area contributed by atoms with Gasteiger partial charge in [-0.2, -0.15) is 0 Å². The molecular formula is C21H19ClN2O3S2. The van der Waals surface area contributed by atoms with Crippen LogP contribution < -0.4 is 5.32 Å². The van der Waals surface area contributed by atoms with Crippen LogP contribution in [-0.2, 0) is 33.9 Å². The van der Waals surface area contributed by atoms with Crippen molar-refractivity contribution < 1.29 is 14.3 Å². The number of esters is 1. The minimum Gasteiger partial charge on any atom is -0.459 e. The summed E-state index contributed by atoms with van der Waals surface area (Å²) in [5.41, 5.74) is 1.69. The number of hydrogen-bond donors (Lipinski definition) is 1. The minimum atomic E-state index is -0.319. The fourth-order valence-electron chi connectivity index (χ4n) is 2.36. The summed E-state index contributed by atoms with van der Waals surface area (Å²) >= 11 is 8.61. The van der Waals surface area contributed by atoms with Gasteiger partial charge in [-0.05, 0) is 29.8 Å². The molecule has 0 unspecified atom stereocenters. The van der Waals surface area contributed by atoms with Gasteiger partial charge in [-0.15, -0.1) is 23.1 Å². The molecule has 29 heavy (non-hydrogen) atoms. The molecule has 1 N–H and O–H groups in total. The Bertz CT molecular complexity index is 946. The van der Waals surface area contributed by atoms with Crippen molar-refractivity contribution >= 4 is 46.6 Å². The molecule has 0 fully saturated rings. The number of aromatic nitrogens is 1. The first-order chi connectivity index (χ1) is 14.1. The zero-order valence-electron chi connectivity index (χ0n) is 15.5. The Morgan fingerprint density at radius 1 is 1.10 bits per heavy atom. The lowest BCUT2D eigenvalue weighted by Crippen LogP contribution is -2.24. The van der Waals surface area contributed by atoms with Gasteiger partial charge in [-0.3, -0.25) is 9.59 Å². The number of nitrogens with one attached hydrogen (secondary N) is 1. The highest BCUT2D eigenvalue weighted by Crippen LogP contribution is 2.20. The van der Waals surface area contributed by atoms with Gasteiger partial charge in [0.05, 0.1) is 17.9 Å². The zero-order chi connectivity index (χ0) is 20.5. The average Bonchev–Trinajstić information content (AvgIpc) is 3.18. The molecule has 1 heterocycles. The van der Waals surface area contributed by atoms with Crippen LogP contribution in [-0.4, -0.2) is 22.6 Å². The summed E-state index contributed by atoms with van der Waals surface area (Å²) in [6.07, 6.45) is 0.206. The Morgan fingerprint density at radius 3 is 2.62 bits per heavy atom. The van der Waals surface area contributed by atoms with Gasteiger partial charge in [0.2, 0.25) is 5.91 Å². The standard InChI is InChI=1S/C21H19ClN2O3S2/c22-16-6-8-18(9-7-16)28-14-21(26)27-12-17-13-29-20(24-17)10-19(25)23-11-15-4-2-1-3-5-15/h1-9,13H,10-12,14H2,(H,23,25). The highest BCUT2D eigenvalue weighted by molar-refractivity contribution is 8.00. The van der Waals surface area contributed by atoms with Crippen molar-refractivity contribution in [1.29, 1.82) is 0 Å². The average molecular weight is 447 g/mol. The van der Waals surface area contributed by atoms with E-state index in [1.165, 1.54) is 23.1 Å². The maximum absolute atomic E-state index is 12.1. The normalized spacial score (nSPS) is 10.5. The van der Waals surface area contributed by atoms with E-state index in [4.69, 9.17) is 16.3 Å². The van der Waals surface area contributed by atoms with Crippen molar-refractivity contribution in [3.05, 3.63) is 81.3 Å². The predicted octanol–water partition coefficient (Wildman–Crippen LogP) is 4.49. The largest absolute Gasteiger partial charge is 0.459 e. The molecule has 1 amide bonds. The molecule has 0 saturated heterocycles. The van der Waals surface area contributed by atoms with E-state index in [2.05, 4.69) is 10.3 Å². The molecule has 3 aromatic rings. The maximum Gasteiger partial charge on any atom is 0.316 e. The van der Waals surface area contributed by atoms with Gasteiger partial charge in [0, 0.05) is 21.8 Å². The van der Waals surface area contributed by atoms with Crippen LogP contribution in [0.3, 0.4) is 0 Å². The summed E-state index contributed by atoms with van der Waals surface area (Å²) in [6, 6.07) is 17.0. The number of amides is 1. The molecule has 0 aliphatic carbocycles. The molecule has 5 nitrogen and oxygen atoms in total. The molecule has 2 aromatic carbocycles. The lowest BCUT2D eigenvalue weighted by Gasteiger charge is -2.04. The summed E-state index contributed by atoms with van der Waals surface area (Å²) in [5.74, 6) is -0.202. The molecule has 0 saturated carbocycles. The number of benzene rings is 2. The first kappa shape index (κ1) is 21.4. The van der Waals surface area contributed by atoms with Crippen LogP contribution >= 0.6 is 34.7 Å². The van der Waals surface area contributed by atoms with Gasteiger partial charge >= 0.3 is 5.97 Å². The molecule has 8 heteroatoms. The van der Waals surface area contributed by atoms with Gasteiger partial charge in [0.1, 0.15) is 11.6 Å². The molecule has 0 aliphatic heterocycles. The summed E-state index contributed by atoms with van der Waals surface area (Å²) in [5, 5.41) is 6.03. The number of rotatable bonds is 9. The molecule has 0 aliphatic rings. The number of thioether (sulfide) groups is 1. The number of carbonyl (C=O) groups is 2. The van der Waals surface area contributed by atoms with Crippen LogP contribution in [0.2, 0.25) is 5.02 Å². The van der Waals surface area contributed by atoms with Gasteiger partial charge in [-0.1, -0.05) is 41.9 Å². The number of hydrogen-bond acceptors (Lipinski definition) is 6. The third-order valence-electron chi connectivity index (χ3n) is 3.79. The molecule has 0 radical (unpaired) electrons.